The van der Waals surface area contributed by atoms with Crippen LogP contribution in [0.1, 0.15) is 71.4 Å². The smallest absolute Gasteiger partial charge is 0.258 e. The van der Waals surface area contributed by atoms with Crippen molar-refractivity contribution in [2.24, 2.45) is 0 Å². The highest BCUT2D eigenvalue weighted by Crippen LogP contribution is 2.39. The molecule has 2 saturated carbocycles. The number of aromatic nitrogens is 6. The van der Waals surface area contributed by atoms with Gasteiger partial charge in [0.15, 0.2) is 5.82 Å². The molecule has 0 aromatic carbocycles. The van der Waals surface area contributed by atoms with Crippen LogP contribution in [-0.2, 0) is 0 Å². The van der Waals surface area contributed by atoms with Crippen LogP contribution < -0.4 is 5.32 Å². The third-order valence-electron chi connectivity index (χ3n) is 6.51. The molecule has 0 unspecified atom stereocenters. The van der Waals surface area contributed by atoms with Crippen LogP contribution in [0.5, 0.6) is 0 Å². The Morgan fingerprint density at radius 3 is 2.82 bits per heavy atom. The van der Waals surface area contributed by atoms with Crippen molar-refractivity contribution < 1.29 is 4.79 Å². The Bertz CT molecular complexity index is 1310. The second-order valence-corrected chi connectivity index (χ2v) is 10.1. The molecule has 0 aliphatic heterocycles. The first-order chi connectivity index (χ1) is 16.2. The number of carbonyl (C=O) groups is 1. The standard InChI is InChI=1S/C24H25N7OS/c1-15-18(11-22(33-15)30-12-20(25-13-30)16-9-10-16)24(32)28-21-8-4-7-19(27-21)23-29-26-14-31(23)17-5-2-3-6-17/h4,7-8,11-14,16-17H,2-3,5-6,9-10H2,1H3,(H,27,28,32). The summed E-state index contributed by atoms with van der Waals surface area (Å²) in [5.41, 5.74) is 2.50. The van der Waals surface area contributed by atoms with E-state index in [9.17, 15) is 4.79 Å². The number of rotatable bonds is 6. The summed E-state index contributed by atoms with van der Waals surface area (Å²) >= 11 is 1.59. The third kappa shape index (κ3) is 3.97. The molecule has 1 amide bonds. The molecule has 2 aliphatic rings. The number of imidazole rings is 1. The van der Waals surface area contributed by atoms with Crippen molar-refractivity contribution in [1.82, 2.24) is 29.3 Å². The highest BCUT2D eigenvalue weighted by molar-refractivity contribution is 7.14. The van der Waals surface area contributed by atoms with E-state index in [1.54, 1.807) is 23.7 Å². The molecule has 4 aromatic rings. The quantitative estimate of drug-likeness (QED) is 0.431. The predicted molar refractivity (Wildman–Crippen MR) is 127 cm³/mol. The van der Waals surface area contributed by atoms with Gasteiger partial charge in [-0.25, -0.2) is 9.97 Å². The van der Waals surface area contributed by atoms with Gasteiger partial charge in [0, 0.05) is 23.0 Å². The summed E-state index contributed by atoms with van der Waals surface area (Å²) in [7, 11) is 0. The molecule has 2 fully saturated rings. The van der Waals surface area contributed by atoms with E-state index in [2.05, 4.69) is 36.2 Å². The topological polar surface area (TPSA) is 90.5 Å². The van der Waals surface area contributed by atoms with Gasteiger partial charge in [-0.1, -0.05) is 18.9 Å². The molecule has 0 saturated heterocycles. The van der Waals surface area contributed by atoms with E-state index in [0.29, 0.717) is 29.0 Å². The minimum atomic E-state index is -0.167. The van der Waals surface area contributed by atoms with Gasteiger partial charge in [-0.05, 0) is 50.8 Å². The molecular weight excluding hydrogens is 434 g/mol. The molecule has 0 atom stereocenters. The lowest BCUT2D eigenvalue weighted by molar-refractivity contribution is 0.102. The molecule has 1 N–H and O–H groups in total. The van der Waals surface area contributed by atoms with Crippen LogP contribution in [0, 0.1) is 6.92 Å². The van der Waals surface area contributed by atoms with Crippen molar-refractivity contribution in [1.29, 1.82) is 0 Å². The zero-order chi connectivity index (χ0) is 22.4. The molecule has 9 heteroatoms. The van der Waals surface area contributed by atoms with E-state index < -0.39 is 0 Å². The lowest BCUT2D eigenvalue weighted by Crippen LogP contribution is -2.13. The highest BCUT2D eigenvalue weighted by Gasteiger charge is 2.26. The maximum Gasteiger partial charge on any atom is 0.258 e. The second kappa shape index (κ2) is 8.22. The fourth-order valence-corrected chi connectivity index (χ4v) is 5.51. The molecule has 0 spiro atoms. The fourth-order valence-electron chi connectivity index (χ4n) is 4.56. The van der Waals surface area contributed by atoms with Gasteiger partial charge in [0.1, 0.15) is 29.2 Å². The third-order valence-corrected chi connectivity index (χ3v) is 7.58. The van der Waals surface area contributed by atoms with E-state index in [-0.39, 0.29) is 5.91 Å². The maximum atomic E-state index is 13.1. The highest BCUT2D eigenvalue weighted by atomic mass is 32.1. The number of carbonyl (C=O) groups excluding carboxylic acids is 1. The normalized spacial score (nSPS) is 16.4. The van der Waals surface area contributed by atoms with Gasteiger partial charge in [-0.2, -0.15) is 0 Å². The van der Waals surface area contributed by atoms with Gasteiger partial charge in [0.05, 0.1) is 11.3 Å². The Morgan fingerprint density at radius 2 is 2.00 bits per heavy atom. The lowest BCUT2D eigenvalue weighted by atomic mass is 10.2. The first kappa shape index (κ1) is 20.3. The zero-order valence-electron chi connectivity index (χ0n) is 18.4. The molecule has 0 bridgehead atoms. The van der Waals surface area contributed by atoms with Crippen molar-refractivity contribution in [2.45, 2.75) is 57.4 Å². The van der Waals surface area contributed by atoms with Crippen LogP contribution in [0.2, 0.25) is 0 Å². The van der Waals surface area contributed by atoms with E-state index in [0.717, 1.165) is 34.2 Å². The second-order valence-electron chi connectivity index (χ2n) is 8.90. The van der Waals surface area contributed by atoms with Crippen LogP contribution in [0.15, 0.2) is 43.1 Å². The number of nitrogens with one attached hydrogen (secondary N) is 1. The molecule has 4 aromatic heterocycles. The Hall–Kier alpha value is -3.33. The number of nitrogens with zero attached hydrogens (tertiary/aromatic N) is 6. The summed E-state index contributed by atoms with van der Waals surface area (Å²) < 4.78 is 4.13. The van der Waals surface area contributed by atoms with Crippen molar-refractivity contribution in [3.63, 3.8) is 0 Å². The monoisotopic (exact) mass is 459 g/mol. The van der Waals surface area contributed by atoms with Crippen LogP contribution in [0.4, 0.5) is 5.82 Å². The zero-order valence-corrected chi connectivity index (χ0v) is 19.3. The molecular formula is C24H25N7OS. The average molecular weight is 460 g/mol. The summed E-state index contributed by atoms with van der Waals surface area (Å²) in [6, 6.07) is 7.95. The van der Waals surface area contributed by atoms with Crippen LogP contribution >= 0.6 is 11.3 Å². The van der Waals surface area contributed by atoms with E-state index in [1.807, 2.05) is 36.0 Å². The summed E-state index contributed by atoms with van der Waals surface area (Å²) in [6.45, 7) is 1.97. The predicted octanol–water partition coefficient (Wildman–Crippen LogP) is 5.14. The summed E-state index contributed by atoms with van der Waals surface area (Å²) in [5.74, 6) is 1.69. The number of hydrogen-bond donors (Lipinski definition) is 1. The first-order valence-corrected chi connectivity index (χ1v) is 12.3. The summed E-state index contributed by atoms with van der Waals surface area (Å²) in [6.07, 6.45) is 12.9. The number of anilines is 1. The Labute approximate surface area is 195 Å². The number of aryl methyl sites for hydroxylation is 1. The molecule has 168 valence electrons. The number of thiophene rings is 1. The molecule has 0 radical (unpaired) electrons. The van der Waals surface area contributed by atoms with E-state index in [4.69, 9.17) is 0 Å². The summed E-state index contributed by atoms with van der Waals surface area (Å²) in [5, 5.41) is 12.4. The molecule has 8 nitrogen and oxygen atoms in total. The van der Waals surface area contributed by atoms with Gasteiger partial charge >= 0.3 is 0 Å². The van der Waals surface area contributed by atoms with Crippen molar-refractivity contribution >= 4 is 23.1 Å². The number of amides is 1. The molecule has 6 rings (SSSR count). The lowest BCUT2D eigenvalue weighted by Gasteiger charge is -2.13. The Kier molecular flexibility index (Phi) is 5.05. The Balaban J connectivity index is 1.22. The SMILES string of the molecule is Cc1sc(-n2cnc(C3CC3)c2)cc1C(=O)Nc1cccc(-c2nncn2C2CCCC2)n1. The number of pyridine rings is 1. The van der Waals surface area contributed by atoms with Crippen LogP contribution in [-0.4, -0.2) is 35.2 Å². The van der Waals surface area contributed by atoms with Crippen molar-refractivity contribution in [2.75, 3.05) is 5.32 Å². The van der Waals surface area contributed by atoms with E-state index >= 15 is 0 Å². The maximum absolute atomic E-state index is 13.1. The van der Waals surface area contributed by atoms with Gasteiger partial charge in [-0.3, -0.25) is 9.36 Å². The van der Waals surface area contributed by atoms with Gasteiger partial charge in [0.2, 0.25) is 0 Å². The largest absolute Gasteiger partial charge is 0.309 e. The van der Waals surface area contributed by atoms with Crippen LogP contribution in [0.25, 0.3) is 16.5 Å². The first-order valence-electron chi connectivity index (χ1n) is 11.5. The van der Waals surface area contributed by atoms with Gasteiger partial charge in [-0.15, -0.1) is 21.5 Å². The molecule has 2 aliphatic carbocycles. The minimum absolute atomic E-state index is 0.167. The Morgan fingerprint density at radius 1 is 1.15 bits per heavy atom. The average Bonchev–Trinajstić information content (AvgIpc) is 3.29. The van der Waals surface area contributed by atoms with Gasteiger partial charge < -0.3 is 9.88 Å². The fraction of sp³-hybridized carbons (Fsp3) is 0.375. The van der Waals surface area contributed by atoms with Gasteiger partial charge in [0.25, 0.3) is 5.91 Å². The van der Waals surface area contributed by atoms with Crippen molar-refractivity contribution in [3.8, 4) is 16.5 Å². The molecule has 33 heavy (non-hydrogen) atoms. The van der Waals surface area contributed by atoms with E-state index in [1.165, 1.54) is 25.7 Å². The molecule has 4 heterocycles. The van der Waals surface area contributed by atoms with Crippen molar-refractivity contribution in [3.05, 3.63) is 59.3 Å². The summed E-state index contributed by atoms with van der Waals surface area (Å²) in [4.78, 5) is 23.2. The minimum Gasteiger partial charge on any atom is -0.309 e. The van der Waals surface area contributed by atoms with Crippen LogP contribution in [0.3, 0.4) is 0 Å². The number of hydrogen-bond acceptors (Lipinski definition) is 6.